The average Bonchev–Trinajstić information content (AvgIpc) is 2.68. The second-order valence-electron chi connectivity index (χ2n) is 8.30. The van der Waals surface area contributed by atoms with E-state index in [4.69, 9.17) is 4.52 Å². The smallest absolute Gasteiger partial charge is 0.264 e. The van der Waals surface area contributed by atoms with Gasteiger partial charge in [0.1, 0.15) is 5.82 Å². The van der Waals surface area contributed by atoms with Crippen LogP contribution in [-0.2, 0) is 9.09 Å². The fraction of sp³-hybridized carbons (Fsp3) is 0.478. The molecule has 1 N–H and O–H groups in total. The Labute approximate surface area is 167 Å². The number of halogens is 1. The van der Waals surface area contributed by atoms with Crippen LogP contribution in [0.3, 0.4) is 0 Å². The van der Waals surface area contributed by atoms with Crippen molar-refractivity contribution in [2.45, 2.75) is 52.0 Å². The summed E-state index contributed by atoms with van der Waals surface area (Å²) in [6, 6.07) is 14.7. The first kappa shape index (κ1) is 21.2. The third-order valence-electron chi connectivity index (χ3n) is 5.87. The number of aliphatic hydroxyl groups is 1. The lowest BCUT2D eigenvalue weighted by atomic mass is 9.75. The van der Waals surface area contributed by atoms with E-state index in [9.17, 15) is 14.1 Å². The molecule has 5 heteroatoms. The zero-order chi connectivity index (χ0) is 20.3. The zero-order valence-electron chi connectivity index (χ0n) is 16.8. The van der Waals surface area contributed by atoms with Crippen LogP contribution >= 0.6 is 7.37 Å². The fourth-order valence-corrected chi connectivity index (χ4v) is 6.53. The van der Waals surface area contributed by atoms with Gasteiger partial charge in [0, 0.05) is 10.9 Å². The Morgan fingerprint density at radius 3 is 2.36 bits per heavy atom. The standard InChI is InChI=1S/C23H30FO3P/c1-16(2)19-14-13-17(3)15-22(19)27-28(26,18-9-5-4-6-10-18)23(25)20-11-7-8-12-21(20)24/h4-12,16-17,19,22-23,25H,13-15H2,1-3H3/t17-,19+,22-,23+,28+/m1/s1. The van der Waals surface area contributed by atoms with E-state index in [1.54, 1.807) is 36.4 Å². The molecule has 0 unspecified atom stereocenters. The molecule has 0 radical (unpaired) electrons. The van der Waals surface area contributed by atoms with Crippen LogP contribution in [0.25, 0.3) is 0 Å². The van der Waals surface area contributed by atoms with Crippen LogP contribution < -0.4 is 5.30 Å². The monoisotopic (exact) mass is 404 g/mol. The molecule has 0 heterocycles. The molecular weight excluding hydrogens is 374 g/mol. The van der Waals surface area contributed by atoms with Crippen molar-refractivity contribution < 1.29 is 18.6 Å². The van der Waals surface area contributed by atoms with E-state index in [2.05, 4.69) is 20.8 Å². The molecule has 3 rings (SSSR count). The zero-order valence-corrected chi connectivity index (χ0v) is 17.7. The van der Waals surface area contributed by atoms with Crippen molar-refractivity contribution in [3.8, 4) is 0 Å². The van der Waals surface area contributed by atoms with Gasteiger partial charge in [0.05, 0.1) is 6.10 Å². The molecule has 3 nitrogen and oxygen atoms in total. The maximum atomic E-state index is 14.4. The van der Waals surface area contributed by atoms with Crippen molar-refractivity contribution >= 4 is 12.7 Å². The van der Waals surface area contributed by atoms with Crippen LogP contribution in [0.2, 0.25) is 0 Å². The van der Waals surface area contributed by atoms with Crippen molar-refractivity contribution in [2.24, 2.45) is 17.8 Å². The topological polar surface area (TPSA) is 46.5 Å². The summed E-state index contributed by atoms with van der Waals surface area (Å²) in [6.07, 6.45) is 2.70. The van der Waals surface area contributed by atoms with E-state index >= 15 is 0 Å². The number of rotatable bonds is 6. The molecule has 28 heavy (non-hydrogen) atoms. The molecule has 1 saturated carbocycles. The predicted octanol–water partition coefficient (Wildman–Crippen LogP) is 5.90. The van der Waals surface area contributed by atoms with E-state index in [-0.39, 0.29) is 17.6 Å². The SMILES string of the molecule is CC(C)[C@@H]1CC[C@@H](C)C[C@H]1O[P@@](=O)(c1ccccc1)[C@H](O)c1ccccc1F. The van der Waals surface area contributed by atoms with Crippen LogP contribution in [0.1, 0.15) is 51.4 Å². The highest BCUT2D eigenvalue weighted by atomic mass is 31.2. The molecule has 1 fully saturated rings. The maximum Gasteiger partial charge on any atom is 0.264 e. The molecule has 152 valence electrons. The predicted molar refractivity (Wildman–Crippen MR) is 111 cm³/mol. The molecule has 2 aromatic rings. The van der Waals surface area contributed by atoms with Gasteiger partial charge < -0.3 is 9.63 Å². The van der Waals surface area contributed by atoms with Crippen LogP contribution in [0, 0.1) is 23.6 Å². The van der Waals surface area contributed by atoms with E-state index in [0.29, 0.717) is 17.1 Å². The van der Waals surface area contributed by atoms with Crippen LogP contribution in [0.5, 0.6) is 0 Å². The summed E-state index contributed by atoms with van der Waals surface area (Å²) in [5.41, 5.74) is 0.0136. The molecule has 1 aliphatic rings. The molecule has 0 bridgehead atoms. The minimum atomic E-state index is -3.77. The molecular formula is C23H30FO3P. The lowest BCUT2D eigenvalue weighted by Gasteiger charge is -2.39. The average molecular weight is 404 g/mol. The quantitative estimate of drug-likeness (QED) is 0.610. The summed E-state index contributed by atoms with van der Waals surface area (Å²) in [6.45, 7) is 6.48. The van der Waals surface area contributed by atoms with Gasteiger partial charge in [0.15, 0.2) is 5.85 Å². The summed E-state index contributed by atoms with van der Waals surface area (Å²) in [7, 11) is -3.77. The normalized spacial score (nSPS) is 26.0. The Morgan fingerprint density at radius 1 is 1.07 bits per heavy atom. The first-order chi connectivity index (χ1) is 13.3. The number of benzene rings is 2. The minimum Gasteiger partial charge on any atom is -0.378 e. The molecule has 2 aromatic carbocycles. The molecule has 0 amide bonds. The molecule has 0 aromatic heterocycles. The van der Waals surface area contributed by atoms with Gasteiger partial charge in [0.25, 0.3) is 7.37 Å². The van der Waals surface area contributed by atoms with E-state index in [1.165, 1.54) is 12.1 Å². The number of hydrogen-bond donors (Lipinski definition) is 1. The number of aliphatic hydroxyl groups excluding tert-OH is 1. The van der Waals surface area contributed by atoms with Crippen molar-refractivity contribution in [2.75, 3.05) is 0 Å². The maximum absolute atomic E-state index is 14.4. The molecule has 1 aliphatic carbocycles. The lowest BCUT2D eigenvalue weighted by molar-refractivity contribution is 0.0425. The Balaban J connectivity index is 2.02. The van der Waals surface area contributed by atoms with E-state index < -0.39 is 19.0 Å². The highest BCUT2D eigenvalue weighted by molar-refractivity contribution is 7.67. The Hall–Kier alpha value is -1.48. The molecule has 0 saturated heterocycles. The third-order valence-corrected chi connectivity index (χ3v) is 8.40. The molecule has 0 aliphatic heterocycles. The van der Waals surface area contributed by atoms with Crippen LogP contribution in [0.15, 0.2) is 54.6 Å². The second kappa shape index (κ2) is 8.90. The van der Waals surface area contributed by atoms with Gasteiger partial charge in [0.2, 0.25) is 0 Å². The summed E-state index contributed by atoms with van der Waals surface area (Å²) in [4.78, 5) is 0. The first-order valence-corrected chi connectivity index (χ1v) is 11.8. The second-order valence-corrected chi connectivity index (χ2v) is 10.7. The van der Waals surface area contributed by atoms with Crippen molar-refractivity contribution in [1.82, 2.24) is 0 Å². The number of hydrogen-bond acceptors (Lipinski definition) is 3. The summed E-state index contributed by atoms with van der Waals surface area (Å²) >= 11 is 0. The summed E-state index contributed by atoms with van der Waals surface area (Å²) in [5.74, 6) is -1.00. The third kappa shape index (κ3) is 4.40. The van der Waals surface area contributed by atoms with Gasteiger partial charge in [-0.05, 0) is 48.8 Å². The van der Waals surface area contributed by atoms with Crippen LogP contribution in [0.4, 0.5) is 4.39 Å². The Kier molecular flexibility index (Phi) is 6.75. The van der Waals surface area contributed by atoms with E-state index in [1.807, 2.05) is 6.07 Å². The van der Waals surface area contributed by atoms with Crippen molar-refractivity contribution in [1.29, 1.82) is 0 Å². The molecule has 0 spiro atoms. The summed E-state index contributed by atoms with van der Waals surface area (Å²) in [5, 5.41) is 11.5. The highest BCUT2D eigenvalue weighted by Gasteiger charge is 2.43. The Morgan fingerprint density at radius 2 is 1.71 bits per heavy atom. The van der Waals surface area contributed by atoms with Crippen molar-refractivity contribution in [3.63, 3.8) is 0 Å². The summed E-state index contributed by atoms with van der Waals surface area (Å²) < 4.78 is 34.9. The minimum absolute atomic E-state index is 0.0136. The van der Waals surface area contributed by atoms with E-state index in [0.717, 1.165) is 19.3 Å². The Bertz CT molecular complexity index is 824. The lowest BCUT2D eigenvalue weighted by Crippen LogP contribution is -2.35. The fourth-order valence-electron chi connectivity index (χ4n) is 4.20. The van der Waals surface area contributed by atoms with Gasteiger partial charge >= 0.3 is 0 Å². The largest absolute Gasteiger partial charge is 0.378 e. The van der Waals surface area contributed by atoms with Gasteiger partial charge in [-0.3, -0.25) is 4.57 Å². The van der Waals surface area contributed by atoms with Crippen molar-refractivity contribution in [3.05, 3.63) is 66.0 Å². The van der Waals surface area contributed by atoms with Gasteiger partial charge in [-0.1, -0.05) is 63.6 Å². The highest BCUT2D eigenvalue weighted by Crippen LogP contribution is 2.60. The molecule has 5 atom stereocenters. The first-order valence-electron chi connectivity index (χ1n) is 10.1. The van der Waals surface area contributed by atoms with Gasteiger partial charge in [-0.2, -0.15) is 0 Å². The van der Waals surface area contributed by atoms with Gasteiger partial charge in [-0.25, -0.2) is 4.39 Å². The van der Waals surface area contributed by atoms with Gasteiger partial charge in [-0.15, -0.1) is 0 Å². The van der Waals surface area contributed by atoms with Crippen LogP contribution in [-0.4, -0.2) is 11.2 Å².